The minimum Gasteiger partial charge on any atom is -0.470 e. The van der Waals surface area contributed by atoms with Crippen molar-refractivity contribution >= 4 is 0 Å². The molecule has 1 heterocycles. The normalized spacial score (nSPS) is 29.9. The summed E-state index contributed by atoms with van der Waals surface area (Å²) in [6, 6.07) is 0. The Morgan fingerprint density at radius 2 is 2.10 bits per heavy atom. The predicted molar refractivity (Wildman–Crippen MR) is 42.4 cm³/mol. The Morgan fingerprint density at radius 1 is 1.30 bits per heavy atom. The van der Waals surface area contributed by atoms with Crippen molar-refractivity contribution in [3.8, 4) is 0 Å². The predicted octanol–water partition coefficient (Wildman–Crippen LogP) is 2.77. The van der Waals surface area contributed by atoms with Crippen molar-refractivity contribution in [3.63, 3.8) is 0 Å². The van der Waals surface area contributed by atoms with E-state index in [1.807, 2.05) is 25.2 Å². The van der Waals surface area contributed by atoms with E-state index in [2.05, 4.69) is 6.08 Å². The van der Waals surface area contributed by atoms with E-state index >= 15 is 0 Å². The van der Waals surface area contributed by atoms with E-state index in [-0.39, 0.29) is 0 Å². The van der Waals surface area contributed by atoms with Crippen LogP contribution in [-0.2, 0) is 4.74 Å². The van der Waals surface area contributed by atoms with Gasteiger partial charge in [-0.05, 0) is 31.9 Å². The lowest BCUT2D eigenvalue weighted by Crippen LogP contribution is -1.74. The van der Waals surface area contributed by atoms with Crippen molar-refractivity contribution in [1.82, 2.24) is 0 Å². The minimum atomic E-state index is 0.939. The third kappa shape index (κ3) is 2.53. The first-order chi connectivity index (χ1) is 4.89. The van der Waals surface area contributed by atoms with Crippen LogP contribution in [0.25, 0.3) is 0 Å². The van der Waals surface area contributed by atoms with E-state index in [1.54, 1.807) is 6.26 Å². The number of allylic oxidation sites excluding steroid dienone is 5. The first-order valence-electron chi connectivity index (χ1n) is 3.54. The average Bonchev–Trinajstić information content (AvgIpc) is 2.02. The molecule has 0 saturated carbocycles. The van der Waals surface area contributed by atoms with Crippen molar-refractivity contribution < 1.29 is 4.74 Å². The highest BCUT2D eigenvalue weighted by molar-refractivity contribution is 5.07. The third-order valence-corrected chi connectivity index (χ3v) is 1.32. The van der Waals surface area contributed by atoms with Gasteiger partial charge in [0.05, 0.1) is 6.26 Å². The van der Waals surface area contributed by atoms with Crippen LogP contribution in [0.15, 0.2) is 36.3 Å². The van der Waals surface area contributed by atoms with Crippen molar-refractivity contribution in [2.75, 3.05) is 0 Å². The van der Waals surface area contributed by atoms with E-state index in [0.717, 1.165) is 18.6 Å². The number of hydrogen-bond donors (Lipinski definition) is 0. The summed E-state index contributed by atoms with van der Waals surface area (Å²) in [5, 5.41) is 0. The van der Waals surface area contributed by atoms with Crippen LogP contribution in [-0.4, -0.2) is 0 Å². The first-order valence-corrected chi connectivity index (χ1v) is 3.54. The van der Waals surface area contributed by atoms with Crippen molar-refractivity contribution in [2.24, 2.45) is 0 Å². The number of hydrogen-bond acceptors (Lipinski definition) is 1. The summed E-state index contributed by atoms with van der Waals surface area (Å²) in [7, 11) is 0. The summed E-state index contributed by atoms with van der Waals surface area (Å²) in [5.41, 5.74) is 0. The van der Waals surface area contributed by atoms with Crippen LogP contribution in [0.5, 0.6) is 0 Å². The molecule has 0 fully saturated rings. The second-order valence-corrected chi connectivity index (χ2v) is 2.27. The molecular formula is C9H12O. The van der Waals surface area contributed by atoms with E-state index in [9.17, 15) is 0 Å². The fraction of sp³-hybridized carbons (Fsp3) is 0.333. The highest BCUT2D eigenvalue weighted by atomic mass is 16.5. The highest BCUT2D eigenvalue weighted by Gasteiger charge is 1.84. The molecule has 0 saturated heterocycles. The van der Waals surface area contributed by atoms with E-state index in [4.69, 9.17) is 4.74 Å². The Hall–Kier alpha value is -0.980. The summed E-state index contributed by atoms with van der Waals surface area (Å²) >= 11 is 0. The lowest BCUT2D eigenvalue weighted by atomic mass is 10.3. The smallest absolute Gasteiger partial charge is 0.100 e. The Labute approximate surface area is 61.7 Å². The zero-order valence-electron chi connectivity index (χ0n) is 6.21. The van der Waals surface area contributed by atoms with Gasteiger partial charge in [0.25, 0.3) is 0 Å². The summed E-state index contributed by atoms with van der Waals surface area (Å²) in [6.45, 7) is 1.94. The standard InChI is InChI=1S/C9H12O/c1-9-7-5-3-2-4-6-8-10-9/h3,5-8H,2,4H2,1H3/b5-3+,8-6+,9-7-. The summed E-state index contributed by atoms with van der Waals surface area (Å²) in [5.74, 6) is 0.939. The van der Waals surface area contributed by atoms with Gasteiger partial charge in [-0.2, -0.15) is 0 Å². The van der Waals surface area contributed by atoms with Crippen LogP contribution in [0, 0.1) is 0 Å². The van der Waals surface area contributed by atoms with Crippen LogP contribution in [0.2, 0.25) is 0 Å². The van der Waals surface area contributed by atoms with Crippen LogP contribution < -0.4 is 0 Å². The van der Waals surface area contributed by atoms with E-state index in [1.165, 1.54) is 0 Å². The Kier molecular flexibility index (Phi) is 2.81. The summed E-state index contributed by atoms with van der Waals surface area (Å²) < 4.78 is 5.19. The second-order valence-electron chi connectivity index (χ2n) is 2.27. The van der Waals surface area contributed by atoms with Crippen molar-refractivity contribution in [1.29, 1.82) is 0 Å². The van der Waals surface area contributed by atoms with Crippen molar-refractivity contribution in [3.05, 3.63) is 36.3 Å². The van der Waals surface area contributed by atoms with Crippen LogP contribution in [0.3, 0.4) is 0 Å². The molecule has 1 heteroatoms. The van der Waals surface area contributed by atoms with Crippen molar-refractivity contribution in [2.45, 2.75) is 19.8 Å². The molecule has 0 unspecified atom stereocenters. The quantitative estimate of drug-likeness (QED) is 0.497. The van der Waals surface area contributed by atoms with Gasteiger partial charge in [0.1, 0.15) is 5.76 Å². The molecule has 1 rings (SSSR count). The topological polar surface area (TPSA) is 9.23 Å². The van der Waals surface area contributed by atoms with Crippen LogP contribution in [0.4, 0.5) is 0 Å². The van der Waals surface area contributed by atoms with Gasteiger partial charge < -0.3 is 4.74 Å². The number of rotatable bonds is 0. The molecule has 1 aliphatic rings. The maximum absolute atomic E-state index is 5.19. The van der Waals surface area contributed by atoms with Crippen LogP contribution >= 0.6 is 0 Å². The molecule has 0 aromatic heterocycles. The van der Waals surface area contributed by atoms with Gasteiger partial charge in [-0.15, -0.1) is 0 Å². The molecule has 0 aromatic carbocycles. The zero-order valence-corrected chi connectivity index (χ0v) is 6.21. The van der Waals surface area contributed by atoms with E-state index < -0.39 is 0 Å². The summed E-state index contributed by atoms with van der Waals surface area (Å²) in [4.78, 5) is 0. The lowest BCUT2D eigenvalue weighted by molar-refractivity contribution is 0.352. The molecule has 54 valence electrons. The monoisotopic (exact) mass is 136 g/mol. The molecule has 0 aromatic rings. The molecule has 0 aliphatic carbocycles. The van der Waals surface area contributed by atoms with Gasteiger partial charge in [-0.1, -0.05) is 12.2 Å². The van der Waals surface area contributed by atoms with Gasteiger partial charge in [0.2, 0.25) is 0 Å². The molecule has 10 heavy (non-hydrogen) atoms. The summed E-state index contributed by atoms with van der Waals surface area (Å²) in [6.07, 6.45) is 12.1. The maximum atomic E-state index is 5.19. The molecule has 1 aliphatic heterocycles. The second kappa shape index (κ2) is 3.94. The molecule has 1 nitrogen and oxygen atoms in total. The molecule has 0 N–H and O–H groups in total. The Balaban J connectivity index is 2.57. The fourth-order valence-corrected chi connectivity index (χ4v) is 0.755. The molecular weight excluding hydrogens is 124 g/mol. The largest absolute Gasteiger partial charge is 0.470 e. The highest BCUT2D eigenvalue weighted by Crippen LogP contribution is 2.02. The van der Waals surface area contributed by atoms with Gasteiger partial charge in [-0.25, -0.2) is 0 Å². The minimum absolute atomic E-state index is 0.939. The molecule has 0 atom stereocenters. The Morgan fingerprint density at radius 3 is 3.00 bits per heavy atom. The molecule has 0 radical (unpaired) electrons. The van der Waals surface area contributed by atoms with Gasteiger partial charge >= 0.3 is 0 Å². The Bertz CT molecular complexity index is 175. The average molecular weight is 136 g/mol. The fourth-order valence-electron chi connectivity index (χ4n) is 0.755. The van der Waals surface area contributed by atoms with Gasteiger partial charge in [-0.3, -0.25) is 0 Å². The third-order valence-electron chi connectivity index (χ3n) is 1.32. The first kappa shape index (κ1) is 7.13. The number of ether oxygens (including phenoxy) is 1. The SMILES string of the molecule is C/C1=C/C=C/CC/C=C/O1. The maximum Gasteiger partial charge on any atom is 0.100 e. The van der Waals surface area contributed by atoms with E-state index in [0.29, 0.717) is 0 Å². The van der Waals surface area contributed by atoms with Crippen LogP contribution in [0.1, 0.15) is 19.8 Å². The lowest BCUT2D eigenvalue weighted by Gasteiger charge is -1.95. The molecule has 0 spiro atoms. The zero-order chi connectivity index (χ0) is 7.23. The van der Waals surface area contributed by atoms with Gasteiger partial charge in [0.15, 0.2) is 0 Å². The molecule has 0 bridgehead atoms. The van der Waals surface area contributed by atoms with Gasteiger partial charge in [0, 0.05) is 0 Å². The molecule has 0 amide bonds.